The smallest absolute Gasteiger partial charge is 0.223 e. The Kier molecular flexibility index (Phi) is 9.34. The van der Waals surface area contributed by atoms with Crippen molar-refractivity contribution >= 4 is 18.3 Å². The minimum Gasteiger partial charge on any atom is -0.496 e. The van der Waals surface area contributed by atoms with Crippen LogP contribution >= 0.6 is 12.4 Å². The van der Waals surface area contributed by atoms with Gasteiger partial charge in [0, 0.05) is 30.7 Å². The van der Waals surface area contributed by atoms with Crippen LogP contribution in [0.5, 0.6) is 17.2 Å². The van der Waals surface area contributed by atoms with E-state index in [2.05, 4.69) is 10.6 Å². The quantitative estimate of drug-likeness (QED) is 0.696. The molecule has 6 nitrogen and oxygen atoms in total. The van der Waals surface area contributed by atoms with E-state index in [1.165, 1.54) is 0 Å². The van der Waals surface area contributed by atoms with Crippen LogP contribution < -0.4 is 24.8 Å². The SMILES string of the molecule is COc1cc(OC)cc(OCCCNC(=O)C2CCNCC2)c1.Cl. The second-order valence-electron chi connectivity index (χ2n) is 5.57. The zero-order chi connectivity index (χ0) is 16.5. The van der Waals surface area contributed by atoms with Crippen molar-refractivity contribution in [3.63, 3.8) is 0 Å². The molecule has 0 aromatic heterocycles. The molecule has 2 N–H and O–H groups in total. The largest absolute Gasteiger partial charge is 0.496 e. The van der Waals surface area contributed by atoms with Crippen molar-refractivity contribution in [2.45, 2.75) is 19.3 Å². The Morgan fingerprint density at radius 3 is 2.29 bits per heavy atom. The molecule has 1 aliphatic rings. The Labute approximate surface area is 149 Å². The van der Waals surface area contributed by atoms with Crippen LogP contribution in [0.4, 0.5) is 0 Å². The summed E-state index contributed by atoms with van der Waals surface area (Å²) in [4.78, 5) is 12.0. The van der Waals surface area contributed by atoms with Gasteiger partial charge in [-0.2, -0.15) is 0 Å². The van der Waals surface area contributed by atoms with Crippen molar-refractivity contribution < 1.29 is 19.0 Å². The second-order valence-corrected chi connectivity index (χ2v) is 5.57. The summed E-state index contributed by atoms with van der Waals surface area (Å²) in [5.41, 5.74) is 0. The average molecular weight is 359 g/mol. The molecule has 0 radical (unpaired) electrons. The Hall–Kier alpha value is -1.66. The molecule has 0 atom stereocenters. The van der Waals surface area contributed by atoms with Crippen LogP contribution in [-0.4, -0.2) is 46.4 Å². The number of amides is 1. The maximum Gasteiger partial charge on any atom is 0.223 e. The summed E-state index contributed by atoms with van der Waals surface area (Å²) in [5.74, 6) is 2.40. The Balaban J connectivity index is 0.00000288. The van der Waals surface area contributed by atoms with Crippen molar-refractivity contribution in [3.8, 4) is 17.2 Å². The van der Waals surface area contributed by atoms with Crippen LogP contribution in [0.1, 0.15) is 19.3 Å². The number of methoxy groups -OCH3 is 2. The first-order valence-corrected chi connectivity index (χ1v) is 8.07. The predicted octanol–water partition coefficient (Wildman–Crippen LogP) is 2.01. The van der Waals surface area contributed by atoms with Crippen LogP contribution in [0.25, 0.3) is 0 Å². The fourth-order valence-electron chi connectivity index (χ4n) is 2.57. The topological polar surface area (TPSA) is 68.8 Å². The van der Waals surface area contributed by atoms with Gasteiger partial charge in [0.25, 0.3) is 0 Å². The fourth-order valence-corrected chi connectivity index (χ4v) is 2.57. The number of halogens is 1. The van der Waals surface area contributed by atoms with Crippen LogP contribution in [0.2, 0.25) is 0 Å². The van der Waals surface area contributed by atoms with Gasteiger partial charge in [-0.15, -0.1) is 12.4 Å². The fraction of sp³-hybridized carbons (Fsp3) is 0.588. The minimum absolute atomic E-state index is 0. The summed E-state index contributed by atoms with van der Waals surface area (Å²) >= 11 is 0. The highest BCUT2D eigenvalue weighted by Crippen LogP contribution is 2.27. The van der Waals surface area contributed by atoms with E-state index in [0.717, 1.165) is 32.4 Å². The molecule has 1 fully saturated rings. The number of hydrogen-bond donors (Lipinski definition) is 2. The van der Waals surface area contributed by atoms with Crippen LogP contribution in [0.3, 0.4) is 0 Å². The molecule has 1 aromatic rings. The molecule has 1 aliphatic heterocycles. The molecular weight excluding hydrogens is 332 g/mol. The van der Waals surface area contributed by atoms with Crippen molar-refractivity contribution in [1.29, 1.82) is 0 Å². The van der Waals surface area contributed by atoms with E-state index in [9.17, 15) is 4.79 Å². The lowest BCUT2D eigenvalue weighted by Crippen LogP contribution is -2.38. The lowest BCUT2D eigenvalue weighted by molar-refractivity contribution is -0.125. The van der Waals surface area contributed by atoms with Crippen molar-refractivity contribution in [2.75, 3.05) is 40.5 Å². The zero-order valence-electron chi connectivity index (χ0n) is 14.3. The maximum absolute atomic E-state index is 12.0. The van der Waals surface area contributed by atoms with Crippen LogP contribution in [0, 0.1) is 5.92 Å². The van der Waals surface area contributed by atoms with Crippen molar-refractivity contribution in [2.24, 2.45) is 5.92 Å². The number of rotatable bonds is 8. The lowest BCUT2D eigenvalue weighted by Gasteiger charge is -2.21. The minimum atomic E-state index is 0. The van der Waals surface area contributed by atoms with Gasteiger partial charge in [-0.3, -0.25) is 4.79 Å². The first kappa shape index (κ1) is 20.4. The van der Waals surface area contributed by atoms with Gasteiger partial charge in [-0.05, 0) is 32.4 Å². The van der Waals surface area contributed by atoms with Crippen LogP contribution in [-0.2, 0) is 4.79 Å². The molecule has 1 heterocycles. The second kappa shape index (κ2) is 11.0. The molecule has 0 spiro atoms. The molecule has 0 aliphatic carbocycles. The number of carbonyl (C=O) groups is 1. The average Bonchev–Trinajstić information content (AvgIpc) is 2.61. The van der Waals surface area contributed by atoms with Crippen molar-refractivity contribution in [1.82, 2.24) is 10.6 Å². The summed E-state index contributed by atoms with van der Waals surface area (Å²) in [6.07, 6.45) is 2.61. The number of piperidine rings is 1. The first-order chi connectivity index (χ1) is 11.2. The van der Waals surface area contributed by atoms with Gasteiger partial charge >= 0.3 is 0 Å². The molecular formula is C17H27ClN2O4. The highest BCUT2D eigenvalue weighted by molar-refractivity contribution is 5.85. The third-order valence-electron chi connectivity index (χ3n) is 3.92. The van der Waals surface area contributed by atoms with Gasteiger partial charge in [0.05, 0.1) is 20.8 Å². The lowest BCUT2D eigenvalue weighted by atomic mass is 9.97. The molecule has 0 unspecified atom stereocenters. The normalized spacial score (nSPS) is 14.4. The molecule has 1 amide bonds. The number of benzene rings is 1. The summed E-state index contributed by atoms with van der Waals surface area (Å²) in [5, 5.41) is 6.25. The third-order valence-corrected chi connectivity index (χ3v) is 3.92. The molecule has 7 heteroatoms. The number of nitrogens with one attached hydrogen (secondary N) is 2. The molecule has 2 rings (SSSR count). The van der Waals surface area contributed by atoms with Gasteiger partial charge in [-0.1, -0.05) is 0 Å². The Morgan fingerprint density at radius 2 is 1.71 bits per heavy atom. The number of carbonyl (C=O) groups excluding carboxylic acids is 1. The number of hydrogen-bond acceptors (Lipinski definition) is 5. The van der Waals surface area contributed by atoms with Gasteiger partial charge in [-0.25, -0.2) is 0 Å². The molecule has 0 bridgehead atoms. The van der Waals surface area contributed by atoms with E-state index in [1.807, 2.05) is 12.1 Å². The summed E-state index contributed by atoms with van der Waals surface area (Å²) in [6, 6.07) is 5.43. The van der Waals surface area contributed by atoms with Gasteiger partial charge in [0.15, 0.2) is 0 Å². The third kappa shape index (κ3) is 6.45. The monoisotopic (exact) mass is 358 g/mol. The summed E-state index contributed by atoms with van der Waals surface area (Å²) in [7, 11) is 3.21. The molecule has 0 saturated carbocycles. The standard InChI is InChI=1S/C17H26N2O4.ClH/c1-21-14-10-15(22-2)12-16(11-14)23-9-3-6-19-17(20)13-4-7-18-8-5-13;/h10-13,18H,3-9H2,1-2H3,(H,19,20);1H. The molecule has 1 saturated heterocycles. The highest BCUT2D eigenvalue weighted by atomic mass is 35.5. The zero-order valence-corrected chi connectivity index (χ0v) is 15.1. The van der Waals surface area contributed by atoms with Gasteiger partial charge in [0.2, 0.25) is 5.91 Å². The van der Waals surface area contributed by atoms with E-state index < -0.39 is 0 Å². The maximum atomic E-state index is 12.0. The van der Waals surface area contributed by atoms with Crippen LogP contribution in [0.15, 0.2) is 18.2 Å². The highest BCUT2D eigenvalue weighted by Gasteiger charge is 2.20. The summed E-state index contributed by atoms with van der Waals surface area (Å²) < 4.78 is 16.1. The molecule has 136 valence electrons. The predicted molar refractivity (Wildman–Crippen MR) is 95.5 cm³/mol. The molecule has 1 aromatic carbocycles. The van der Waals surface area contributed by atoms with Crippen molar-refractivity contribution in [3.05, 3.63) is 18.2 Å². The Morgan fingerprint density at radius 1 is 1.12 bits per heavy atom. The van der Waals surface area contributed by atoms with E-state index in [4.69, 9.17) is 14.2 Å². The molecule has 24 heavy (non-hydrogen) atoms. The van der Waals surface area contributed by atoms with E-state index >= 15 is 0 Å². The van der Waals surface area contributed by atoms with E-state index in [-0.39, 0.29) is 24.2 Å². The van der Waals surface area contributed by atoms with E-state index in [1.54, 1.807) is 20.3 Å². The van der Waals surface area contributed by atoms with Gasteiger partial charge in [0.1, 0.15) is 17.2 Å². The summed E-state index contributed by atoms with van der Waals surface area (Å²) in [6.45, 7) is 3.02. The van der Waals surface area contributed by atoms with Gasteiger partial charge < -0.3 is 24.8 Å². The van der Waals surface area contributed by atoms with E-state index in [0.29, 0.717) is 30.4 Å². The number of ether oxygens (including phenoxy) is 3. The Bertz CT molecular complexity index is 485. The first-order valence-electron chi connectivity index (χ1n) is 8.07.